The molecule has 5 unspecified atom stereocenters. The maximum atomic E-state index is 11.1. The summed E-state index contributed by atoms with van der Waals surface area (Å²) >= 11 is 0. The molecular formula is C23H42N5O4+. The van der Waals surface area contributed by atoms with Gasteiger partial charge in [0.2, 0.25) is 0 Å². The molecule has 0 aromatic rings. The Morgan fingerprint density at radius 1 is 1.09 bits per heavy atom. The number of aliphatic carboxylic acids is 1. The molecule has 5 aliphatic rings. The van der Waals surface area contributed by atoms with Gasteiger partial charge in [0, 0.05) is 50.2 Å². The first-order valence-corrected chi connectivity index (χ1v) is 13.0. The number of hydroxylamine groups is 1. The number of carbonyl (C=O) groups is 1. The van der Waals surface area contributed by atoms with E-state index < -0.39 is 5.97 Å². The molecule has 1 saturated carbocycles. The Labute approximate surface area is 191 Å². The number of carbonyl (C=O) groups excluding carboxylic acids is 1. The van der Waals surface area contributed by atoms with Crippen LogP contribution in [0, 0.1) is 17.8 Å². The van der Waals surface area contributed by atoms with E-state index in [0.717, 1.165) is 65.1 Å². The fraction of sp³-hybridized carbons (Fsp3) is 0.957. The van der Waals surface area contributed by atoms with Gasteiger partial charge in [0.25, 0.3) is 0 Å². The van der Waals surface area contributed by atoms with Crippen molar-refractivity contribution in [3.8, 4) is 0 Å². The summed E-state index contributed by atoms with van der Waals surface area (Å²) in [6.07, 6.45) is 9.45. The number of nitrogens with one attached hydrogen (secondary N) is 3. The molecule has 1 aliphatic carbocycles. The Balaban J connectivity index is 1.07. The van der Waals surface area contributed by atoms with Gasteiger partial charge in [-0.25, -0.2) is 4.90 Å². The van der Waals surface area contributed by atoms with Crippen LogP contribution in [0.4, 0.5) is 0 Å². The molecule has 0 bridgehead atoms. The number of likely N-dealkylation sites (tertiary alicyclic amines) is 1. The van der Waals surface area contributed by atoms with Gasteiger partial charge in [-0.05, 0) is 38.0 Å². The quantitative estimate of drug-likeness (QED) is 0.340. The van der Waals surface area contributed by atoms with Crippen molar-refractivity contribution in [1.29, 1.82) is 0 Å². The summed E-state index contributed by atoms with van der Waals surface area (Å²) in [6.45, 7) is 7.34. The van der Waals surface area contributed by atoms with Crippen LogP contribution in [-0.4, -0.2) is 81.4 Å². The number of carboxylic acids is 1. The molecule has 32 heavy (non-hydrogen) atoms. The van der Waals surface area contributed by atoms with Crippen molar-refractivity contribution in [3.05, 3.63) is 0 Å². The van der Waals surface area contributed by atoms with Gasteiger partial charge in [-0.1, -0.05) is 0 Å². The molecule has 4 aliphatic heterocycles. The average molecular weight is 453 g/mol. The number of rotatable bonds is 6. The molecule has 0 aromatic carbocycles. The molecule has 0 spiro atoms. The van der Waals surface area contributed by atoms with Gasteiger partial charge in [-0.15, -0.1) is 0 Å². The van der Waals surface area contributed by atoms with Crippen LogP contribution >= 0.6 is 0 Å². The summed E-state index contributed by atoms with van der Waals surface area (Å²) in [6, 6.07) is 0.486. The van der Waals surface area contributed by atoms with Gasteiger partial charge < -0.3 is 24.9 Å². The van der Waals surface area contributed by atoms with Crippen molar-refractivity contribution in [1.82, 2.24) is 15.7 Å². The number of carboxylic acid groups (broad SMARTS) is 1. The third kappa shape index (κ3) is 5.29. The van der Waals surface area contributed by atoms with E-state index in [4.69, 9.17) is 9.57 Å². The second-order valence-electron chi connectivity index (χ2n) is 10.7. The van der Waals surface area contributed by atoms with Crippen molar-refractivity contribution in [2.75, 3.05) is 45.9 Å². The van der Waals surface area contributed by atoms with Crippen molar-refractivity contribution >= 4 is 5.97 Å². The van der Waals surface area contributed by atoms with Crippen LogP contribution in [0.15, 0.2) is 0 Å². The Bertz CT molecular complexity index is 618. The van der Waals surface area contributed by atoms with E-state index in [9.17, 15) is 9.90 Å². The summed E-state index contributed by atoms with van der Waals surface area (Å²) in [4.78, 5) is 21.5. The normalized spacial score (nSPS) is 44.0. The minimum atomic E-state index is -0.855. The van der Waals surface area contributed by atoms with Crippen molar-refractivity contribution in [3.63, 3.8) is 0 Å². The number of morpholine rings is 1. The highest BCUT2D eigenvalue weighted by molar-refractivity contribution is 5.67. The molecule has 6 atom stereocenters. The Hall–Kier alpha value is -0.810. The Morgan fingerprint density at radius 3 is 2.62 bits per heavy atom. The fourth-order valence-electron chi connectivity index (χ4n) is 6.85. The molecule has 4 saturated heterocycles. The molecule has 5 rings (SSSR count). The number of nitrogens with two attached hydrogens (primary N) is 1. The minimum absolute atomic E-state index is 0.0778. The molecule has 5 fully saturated rings. The highest BCUT2D eigenvalue weighted by Crippen LogP contribution is 2.28. The lowest BCUT2D eigenvalue weighted by molar-refractivity contribution is -0.919. The smallest absolute Gasteiger partial charge is 0.183 e. The van der Waals surface area contributed by atoms with E-state index in [1.807, 2.05) is 0 Å². The highest BCUT2D eigenvalue weighted by Gasteiger charge is 2.44. The van der Waals surface area contributed by atoms with Crippen LogP contribution in [0.1, 0.15) is 51.4 Å². The number of ether oxygens (including phenoxy) is 1. The lowest BCUT2D eigenvalue weighted by Gasteiger charge is -2.37. The van der Waals surface area contributed by atoms with Crippen LogP contribution in [0.3, 0.4) is 0 Å². The third-order valence-corrected chi connectivity index (χ3v) is 8.83. The minimum Gasteiger partial charge on any atom is -0.550 e. The van der Waals surface area contributed by atoms with Crippen molar-refractivity contribution in [2.45, 2.75) is 76.0 Å². The van der Waals surface area contributed by atoms with Gasteiger partial charge in [0.05, 0.1) is 39.0 Å². The van der Waals surface area contributed by atoms with E-state index in [-0.39, 0.29) is 18.3 Å². The zero-order chi connectivity index (χ0) is 21.9. The lowest BCUT2D eigenvalue weighted by atomic mass is 9.82. The van der Waals surface area contributed by atoms with E-state index >= 15 is 0 Å². The molecule has 0 radical (unpaired) electrons. The van der Waals surface area contributed by atoms with Crippen molar-refractivity contribution < 1.29 is 29.7 Å². The number of quaternary nitrogens is 2. The molecule has 0 amide bonds. The largest absolute Gasteiger partial charge is 0.550 e. The summed E-state index contributed by atoms with van der Waals surface area (Å²) in [5.41, 5.74) is 3.34. The fourth-order valence-corrected chi connectivity index (χ4v) is 6.85. The monoisotopic (exact) mass is 452 g/mol. The number of hydrogen-bond donors (Lipinski definition) is 4. The highest BCUT2D eigenvalue weighted by atomic mass is 16.7. The third-order valence-electron chi connectivity index (χ3n) is 8.83. The number of piperidine rings is 1. The first kappa shape index (κ1) is 23.0. The van der Waals surface area contributed by atoms with Crippen LogP contribution in [0.25, 0.3) is 0 Å². The summed E-state index contributed by atoms with van der Waals surface area (Å²) in [5, 5.41) is 17.4. The first-order chi connectivity index (χ1) is 15.7. The molecular weight excluding hydrogens is 410 g/mol. The van der Waals surface area contributed by atoms with Crippen LogP contribution in [0.2, 0.25) is 0 Å². The number of hydrogen-bond acceptors (Lipinski definition) is 7. The zero-order valence-electron chi connectivity index (χ0n) is 19.3. The average Bonchev–Trinajstić information content (AvgIpc) is 3.50. The topological polar surface area (TPSA) is 107 Å². The van der Waals surface area contributed by atoms with E-state index in [0.29, 0.717) is 24.0 Å². The summed E-state index contributed by atoms with van der Waals surface area (Å²) in [7, 11) is 0. The van der Waals surface area contributed by atoms with Gasteiger partial charge >= 0.3 is 0 Å². The second kappa shape index (κ2) is 10.6. The molecule has 182 valence electrons. The van der Waals surface area contributed by atoms with Crippen LogP contribution < -0.4 is 26.1 Å². The first-order valence-electron chi connectivity index (χ1n) is 13.0. The van der Waals surface area contributed by atoms with Crippen molar-refractivity contribution in [2.24, 2.45) is 17.8 Å². The predicted molar refractivity (Wildman–Crippen MR) is 115 cm³/mol. The molecule has 9 nitrogen and oxygen atoms in total. The Kier molecular flexibility index (Phi) is 7.63. The SMILES string of the molecule is O=C([O-])C1CCC(C[NH+]2CCC[C@H]2C2NC(C3CCC(N4CCOCC4)[NH2+]C3)NO2)CC1. The van der Waals surface area contributed by atoms with E-state index in [1.165, 1.54) is 32.2 Å². The summed E-state index contributed by atoms with van der Waals surface area (Å²) in [5.74, 6) is 0.140. The summed E-state index contributed by atoms with van der Waals surface area (Å²) < 4.78 is 5.50. The van der Waals surface area contributed by atoms with Crippen LogP contribution in [0.5, 0.6) is 0 Å². The van der Waals surface area contributed by atoms with Crippen LogP contribution in [-0.2, 0) is 14.4 Å². The maximum absolute atomic E-state index is 11.1. The Morgan fingerprint density at radius 2 is 1.91 bits per heavy atom. The van der Waals surface area contributed by atoms with Gasteiger partial charge in [0.15, 0.2) is 6.23 Å². The molecule has 4 heterocycles. The van der Waals surface area contributed by atoms with E-state index in [1.54, 1.807) is 4.90 Å². The van der Waals surface area contributed by atoms with E-state index in [2.05, 4.69) is 21.0 Å². The maximum Gasteiger partial charge on any atom is 0.183 e. The lowest BCUT2D eigenvalue weighted by Crippen LogP contribution is -3.15. The zero-order valence-corrected chi connectivity index (χ0v) is 19.3. The molecule has 0 aromatic heterocycles. The van der Waals surface area contributed by atoms with Gasteiger partial charge in [-0.2, -0.15) is 5.48 Å². The number of nitrogens with zero attached hydrogens (tertiary/aromatic N) is 1. The predicted octanol–water partition coefficient (Wildman–Crippen LogP) is -3.00. The second-order valence-corrected chi connectivity index (χ2v) is 10.7. The standard InChI is InChI=1S/C23H41N5O4/c29-23(30)17-5-3-16(4-6-17)15-28-9-1-2-19(28)22-25-21(26-32-22)18-7-8-20(24-14-18)27-10-12-31-13-11-27/h16-22,24-26H,1-15H2,(H,29,30)/p+1/t16?,17?,18?,19-,20?,21?,22?/m0/s1. The molecule has 9 heteroatoms. The van der Waals surface area contributed by atoms with Gasteiger partial charge in [0.1, 0.15) is 12.2 Å². The molecule has 5 N–H and O–H groups in total. The van der Waals surface area contributed by atoms with Gasteiger partial charge in [-0.3, -0.25) is 10.2 Å².